The maximum atomic E-state index is 11.5. The fraction of sp³-hybridized carbons (Fsp3) is 0.308. The van der Waals surface area contributed by atoms with Gasteiger partial charge in [0, 0.05) is 31.3 Å². The van der Waals surface area contributed by atoms with Gasteiger partial charge >= 0.3 is 0 Å². The monoisotopic (exact) mass is 275 g/mol. The van der Waals surface area contributed by atoms with Gasteiger partial charge in [-0.3, -0.25) is 18.9 Å². The number of imidazole rings is 1. The first-order chi connectivity index (χ1) is 9.25. The van der Waals surface area contributed by atoms with Gasteiger partial charge in [0.2, 0.25) is 11.8 Å². The zero-order valence-corrected chi connectivity index (χ0v) is 11.1. The second-order valence-electron chi connectivity index (χ2n) is 4.32. The minimum Gasteiger partial charge on any atom is -0.295 e. The molecule has 0 unspecified atom stereocenters. The Labute approximate surface area is 114 Å². The van der Waals surface area contributed by atoms with E-state index in [1.54, 1.807) is 11.8 Å². The van der Waals surface area contributed by atoms with Gasteiger partial charge in [0.1, 0.15) is 0 Å². The van der Waals surface area contributed by atoms with E-state index < -0.39 is 0 Å². The summed E-state index contributed by atoms with van der Waals surface area (Å²) < 4.78 is 2.00. The molecule has 0 radical (unpaired) electrons. The second kappa shape index (κ2) is 5.05. The third-order valence-electron chi connectivity index (χ3n) is 3.11. The molecule has 2 aromatic heterocycles. The fourth-order valence-corrected chi connectivity index (χ4v) is 3.02. The van der Waals surface area contributed by atoms with Crippen molar-refractivity contribution in [1.29, 1.82) is 0 Å². The molecule has 2 aromatic rings. The Balaban J connectivity index is 1.63. The number of amides is 2. The van der Waals surface area contributed by atoms with Crippen LogP contribution in [0.3, 0.4) is 0 Å². The molecule has 0 bridgehead atoms. The van der Waals surface area contributed by atoms with E-state index in [9.17, 15) is 9.59 Å². The third-order valence-corrected chi connectivity index (χ3v) is 4.05. The van der Waals surface area contributed by atoms with E-state index in [0.29, 0.717) is 25.1 Å². The Morgan fingerprint density at radius 2 is 2.00 bits per heavy atom. The molecule has 6 heteroatoms. The number of nitrogens with zero attached hydrogens (tertiary/aromatic N) is 3. The summed E-state index contributed by atoms with van der Waals surface area (Å²) in [6.07, 6.45) is 4.48. The van der Waals surface area contributed by atoms with Crippen molar-refractivity contribution in [3.05, 3.63) is 30.6 Å². The minimum absolute atomic E-state index is 0.0569. The normalized spacial score (nSPS) is 15.7. The Hall–Kier alpha value is -1.82. The molecule has 1 aliphatic rings. The molecule has 0 atom stereocenters. The van der Waals surface area contributed by atoms with Gasteiger partial charge in [-0.05, 0) is 12.1 Å². The average Bonchev–Trinajstić information content (AvgIpc) is 2.97. The molecule has 0 aromatic carbocycles. The van der Waals surface area contributed by atoms with Crippen molar-refractivity contribution in [2.75, 3.05) is 12.3 Å². The molecule has 98 valence electrons. The summed E-state index contributed by atoms with van der Waals surface area (Å²) in [5.41, 5.74) is 1.04. The highest BCUT2D eigenvalue weighted by Crippen LogP contribution is 2.19. The van der Waals surface area contributed by atoms with Crippen LogP contribution in [0.1, 0.15) is 12.8 Å². The lowest BCUT2D eigenvalue weighted by atomic mass is 10.4. The summed E-state index contributed by atoms with van der Waals surface area (Å²) in [7, 11) is 0. The molecule has 0 N–H and O–H groups in total. The van der Waals surface area contributed by atoms with E-state index in [2.05, 4.69) is 4.98 Å². The summed E-state index contributed by atoms with van der Waals surface area (Å²) in [4.78, 5) is 28.6. The quantitative estimate of drug-likeness (QED) is 0.628. The Kier molecular flexibility index (Phi) is 3.25. The summed E-state index contributed by atoms with van der Waals surface area (Å²) in [5.74, 6) is 0.558. The molecule has 1 saturated heterocycles. The summed E-state index contributed by atoms with van der Waals surface area (Å²) in [5, 5.41) is 0.884. The highest BCUT2D eigenvalue weighted by molar-refractivity contribution is 7.99. The maximum absolute atomic E-state index is 11.5. The fourth-order valence-electron chi connectivity index (χ4n) is 2.13. The summed E-state index contributed by atoms with van der Waals surface area (Å²) in [6, 6.07) is 5.91. The first-order valence-electron chi connectivity index (χ1n) is 6.14. The molecular formula is C13H13N3O2S. The number of fused-ring (bicyclic) bond motifs is 1. The lowest BCUT2D eigenvalue weighted by Gasteiger charge is -2.12. The van der Waals surface area contributed by atoms with Gasteiger partial charge in [-0.1, -0.05) is 17.8 Å². The van der Waals surface area contributed by atoms with E-state index >= 15 is 0 Å². The first kappa shape index (κ1) is 12.2. The van der Waals surface area contributed by atoms with Crippen molar-refractivity contribution in [3.63, 3.8) is 0 Å². The van der Waals surface area contributed by atoms with Crippen molar-refractivity contribution < 1.29 is 9.59 Å². The number of carbonyl (C=O) groups excluding carboxylic acids is 2. The van der Waals surface area contributed by atoms with Crippen LogP contribution in [0.25, 0.3) is 5.52 Å². The zero-order chi connectivity index (χ0) is 13.2. The maximum Gasteiger partial charge on any atom is 0.229 e. The molecule has 19 heavy (non-hydrogen) atoms. The number of rotatable bonds is 4. The molecule has 2 amide bonds. The second-order valence-corrected chi connectivity index (χ2v) is 5.39. The first-order valence-corrected chi connectivity index (χ1v) is 7.12. The Morgan fingerprint density at radius 3 is 2.79 bits per heavy atom. The largest absolute Gasteiger partial charge is 0.295 e. The number of thioether (sulfide) groups is 1. The van der Waals surface area contributed by atoms with Crippen LogP contribution in [0.2, 0.25) is 0 Å². The van der Waals surface area contributed by atoms with Gasteiger partial charge < -0.3 is 0 Å². The highest BCUT2D eigenvalue weighted by atomic mass is 32.2. The smallest absolute Gasteiger partial charge is 0.229 e. The lowest BCUT2D eigenvalue weighted by Crippen LogP contribution is -2.31. The van der Waals surface area contributed by atoms with Crippen molar-refractivity contribution in [3.8, 4) is 0 Å². The number of imide groups is 1. The van der Waals surface area contributed by atoms with Gasteiger partial charge in [0.15, 0.2) is 5.16 Å². The molecular weight excluding hydrogens is 262 g/mol. The molecule has 0 spiro atoms. The van der Waals surface area contributed by atoms with E-state index in [1.165, 1.54) is 4.90 Å². The van der Waals surface area contributed by atoms with E-state index in [0.717, 1.165) is 10.7 Å². The number of hydrogen-bond donors (Lipinski definition) is 0. The van der Waals surface area contributed by atoms with E-state index in [-0.39, 0.29) is 11.8 Å². The zero-order valence-electron chi connectivity index (χ0n) is 10.3. The molecule has 0 saturated carbocycles. The molecule has 5 nitrogen and oxygen atoms in total. The standard InChI is InChI=1S/C13H13N3O2S/c17-11-4-5-12(18)16(11)7-8-19-13-14-9-10-3-1-2-6-15(10)13/h1-3,6,9H,4-5,7-8H2. The topological polar surface area (TPSA) is 54.7 Å². The van der Waals surface area contributed by atoms with Crippen molar-refractivity contribution >= 4 is 29.1 Å². The minimum atomic E-state index is -0.0569. The molecule has 0 aliphatic carbocycles. The summed E-state index contributed by atoms with van der Waals surface area (Å²) >= 11 is 1.55. The van der Waals surface area contributed by atoms with Gasteiger partial charge in [-0.2, -0.15) is 0 Å². The Morgan fingerprint density at radius 1 is 1.21 bits per heavy atom. The van der Waals surface area contributed by atoms with Gasteiger partial charge in [0.25, 0.3) is 0 Å². The van der Waals surface area contributed by atoms with Crippen LogP contribution in [0.5, 0.6) is 0 Å². The summed E-state index contributed by atoms with van der Waals surface area (Å²) in [6.45, 7) is 0.462. The van der Waals surface area contributed by atoms with Crippen molar-refractivity contribution in [2.24, 2.45) is 0 Å². The van der Waals surface area contributed by atoms with Crippen molar-refractivity contribution in [2.45, 2.75) is 18.0 Å². The van der Waals surface area contributed by atoms with E-state index in [4.69, 9.17) is 0 Å². The van der Waals surface area contributed by atoms with Crippen LogP contribution in [0, 0.1) is 0 Å². The van der Waals surface area contributed by atoms with Gasteiger partial charge in [0.05, 0.1) is 11.7 Å². The van der Waals surface area contributed by atoms with Crippen LogP contribution >= 0.6 is 11.8 Å². The van der Waals surface area contributed by atoms with Gasteiger partial charge in [-0.25, -0.2) is 4.98 Å². The number of likely N-dealkylation sites (tertiary alicyclic amines) is 1. The van der Waals surface area contributed by atoms with E-state index in [1.807, 2.05) is 35.0 Å². The van der Waals surface area contributed by atoms with Gasteiger partial charge in [-0.15, -0.1) is 0 Å². The van der Waals surface area contributed by atoms with Crippen LogP contribution in [-0.2, 0) is 9.59 Å². The predicted octanol–water partition coefficient (Wildman–Crippen LogP) is 1.58. The van der Waals surface area contributed by atoms with Crippen LogP contribution < -0.4 is 0 Å². The predicted molar refractivity (Wildman–Crippen MR) is 71.9 cm³/mol. The van der Waals surface area contributed by atoms with Crippen LogP contribution in [0.15, 0.2) is 35.7 Å². The molecule has 3 heterocycles. The number of pyridine rings is 1. The number of carbonyl (C=O) groups is 2. The van der Waals surface area contributed by atoms with Crippen LogP contribution in [-0.4, -0.2) is 38.4 Å². The van der Waals surface area contributed by atoms with Crippen LogP contribution in [0.4, 0.5) is 0 Å². The average molecular weight is 275 g/mol. The third kappa shape index (κ3) is 2.35. The molecule has 1 fully saturated rings. The Bertz CT molecular complexity index is 622. The molecule has 1 aliphatic heterocycles. The molecule has 3 rings (SSSR count). The highest BCUT2D eigenvalue weighted by Gasteiger charge is 2.28. The number of hydrogen-bond acceptors (Lipinski definition) is 4. The lowest BCUT2D eigenvalue weighted by molar-refractivity contribution is -0.137. The van der Waals surface area contributed by atoms with Crippen molar-refractivity contribution in [1.82, 2.24) is 14.3 Å². The SMILES string of the molecule is O=C1CCC(=O)N1CCSc1ncc2ccccn12. The number of aromatic nitrogens is 2.